The molecule has 25 heavy (non-hydrogen) atoms. The van der Waals surface area contributed by atoms with Gasteiger partial charge in [-0.15, -0.1) is 0 Å². The summed E-state index contributed by atoms with van der Waals surface area (Å²) in [5, 5.41) is 4.03. The van der Waals surface area contributed by atoms with Gasteiger partial charge in [-0.05, 0) is 42.0 Å². The summed E-state index contributed by atoms with van der Waals surface area (Å²) in [5.74, 6) is -1.22. The van der Waals surface area contributed by atoms with Crippen LogP contribution in [-0.2, 0) is 14.3 Å². The Morgan fingerprint density at radius 2 is 1.68 bits per heavy atom. The van der Waals surface area contributed by atoms with Crippen molar-refractivity contribution >= 4 is 70.0 Å². The molecule has 0 heterocycles. The summed E-state index contributed by atoms with van der Waals surface area (Å²) in [7, 11) is 0. The number of ether oxygens (including phenoxy) is 1. The summed E-state index contributed by atoms with van der Waals surface area (Å²) in [4.78, 5) is 23.4. The van der Waals surface area contributed by atoms with E-state index >= 15 is 0 Å². The first-order valence-electron chi connectivity index (χ1n) is 6.90. The van der Waals surface area contributed by atoms with Gasteiger partial charge in [0.05, 0.1) is 20.8 Å². The molecule has 4 nitrogen and oxygen atoms in total. The lowest BCUT2D eigenvalue weighted by Crippen LogP contribution is -2.20. The van der Waals surface area contributed by atoms with E-state index in [1.54, 1.807) is 30.3 Å². The highest BCUT2D eigenvalue weighted by Gasteiger charge is 2.09. The van der Waals surface area contributed by atoms with Crippen molar-refractivity contribution in [1.82, 2.24) is 0 Å². The second-order valence-electron chi connectivity index (χ2n) is 4.79. The predicted molar refractivity (Wildman–Crippen MR) is 102 cm³/mol. The number of esters is 1. The monoisotopic (exact) mass is 417 g/mol. The van der Waals surface area contributed by atoms with Gasteiger partial charge >= 0.3 is 5.97 Å². The van der Waals surface area contributed by atoms with E-state index in [4.69, 9.17) is 51.1 Å². The summed E-state index contributed by atoms with van der Waals surface area (Å²) >= 11 is 23.4. The Morgan fingerprint density at radius 1 is 0.960 bits per heavy atom. The molecule has 0 aromatic heterocycles. The second-order valence-corrected chi connectivity index (χ2v) is 6.44. The van der Waals surface area contributed by atoms with Crippen molar-refractivity contribution in [2.45, 2.75) is 0 Å². The Balaban J connectivity index is 1.86. The number of hydrogen-bond acceptors (Lipinski definition) is 3. The minimum absolute atomic E-state index is 0.323. The largest absolute Gasteiger partial charge is 0.452 e. The van der Waals surface area contributed by atoms with Crippen molar-refractivity contribution < 1.29 is 14.3 Å². The molecule has 0 aliphatic carbocycles. The highest BCUT2D eigenvalue weighted by Crippen LogP contribution is 2.25. The smallest absolute Gasteiger partial charge is 0.331 e. The third kappa shape index (κ3) is 6.25. The van der Waals surface area contributed by atoms with Crippen molar-refractivity contribution in [3.8, 4) is 0 Å². The molecule has 0 aliphatic rings. The van der Waals surface area contributed by atoms with E-state index in [0.29, 0.717) is 31.3 Å². The second kappa shape index (κ2) is 9.11. The fourth-order valence-electron chi connectivity index (χ4n) is 1.74. The Labute approximate surface area is 164 Å². The van der Waals surface area contributed by atoms with Crippen LogP contribution in [0.4, 0.5) is 5.69 Å². The van der Waals surface area contributed by atoms with Crippen molar-refractivity contribution in [1.29, 1.82) is 0 Å². The summed E-state index contributed by atoms with van der Waals surface area (Å²) in [6.07, 6.45) is 2.68. The lowest BCUT2D eigenvalue weighted by atomic mass is 10.2. The van der Waals surface area contributed by atoms with Crippen LogP contribution in [0.3, 0.4) is 0 Å². The quantitative estimate of drug-likeness (QED) is 0.515. The van der Waals surface area contributed by atoms with E-state index in [1.165, 1.54) is 18.2 Å². The van der Waals surface area contributed by atoms with Crippen LogP contribution in [0.2, 0.25) is 20.1 Å². The van der Waals surface area contributed by atoms with Gasteiger partial charge in [0.2, 0.25) is 0 Å². The molecule has 2 aromatic rings. The zero-order chi connectivity index (χ0) is 18.4. The number of nitrogens with one attached hydrogen (secondary N) is 1. The number of rotatable bonds is 5. The van der Waals surface area contributed by atoms with Crippen LogP contribution in [0, 0.1) is 0 Å². The van der Waals surface area contributed by atoms with Gasteiger partial charge in [0.1, 0.15) is 0 Å². The molecule has 0 bridgehead atoms. The van der Waals surface area contributed by atoms with Crippen molar-refractivity contribution in [3.05, 3.63) is 68.1 Å². The van der Waals surface area contributed by atoms with E-state index in [0.717, 1.165) is 0 Å². The minimum Gasteiger partial charge on any atom is -0.452 e. The standard InChI is InChI=1S/C17H11Cl4NO3/c18-11-3-5-13(20)15(8-11)22-16(23)9-25-17(24)6-2-10-1-4-12(19)14(21)7-10/h1-8H,9H2,(H,22,23)/b6-2+. The van der Waals surface area contributed by atoms with Crippen LogP contribution in [0.5, 0.6) is 0 Å². The SMILES string of the molecule is O=C(COC(=O)/C=C/c1ccc(Cl)c(Cl)c1)Nc1cc(Cl)ccc1Cl. The van der Waals surface area contributed by atoms with Crippen molar-refractivity contribution in [2.24, 2.45) is 0 Å². The first kappa shape index (κ1) is 19.6. The van der Waals surface area contributed by atoms with Crippen molar-refractivity contribution in [2.75, 3.05) is 11.9 Å². The maximum atomic E-state index is 11.8. The molecule has 2 aromatic carbocycles. The van der Waals surface area contributed by atoms with Gasteiger partial charge in [0.25, 0.3) is 5.91 Å². The zero-order valence-electron chi connectivity index (χ0n) is 12.6. The van der Waals surface area contributed by atoms with Crippen LogP contribution in [0.25, 0.3) is 6.08 Å². The molecular formula is C17H11Cl4NO3. The van der Waals surface area contributed by atoms with E-state index in [2.05, 4.69) is 5.32 Å². The van der Waals surface area contributed by atoms with Gasteiger partial charge in [0.15, 0.2) is 6.61 Å². The van der Waals surface area contributed by atoms with Gasteiger partial charge in [-0.1, -0.05) is 52.5 Å². The van der Waals surface area contributed by atoms with Gasteiger partial charge in [0, 0.05) is 11.1 Å². The molecule has 0 atom stereocenters. The third-order valence-corrected chi connectivity index (χ3v) is 4.21. The molecule has 0 radical (unpaired) electrons. The highest BCUT2D eigenvalue weighted by molar-refractivity contribution is 6.42. The molecule has 8 heteroatoms. The normalized spacial score (nSPS) is 10.7. The first-order valence-corrected chi connectivity index (χ1v) is 8.41. The average molecular weight is 419 g/mol. The lowest BCUT2D eigenvalue weighted by Gasteiger charge is -2.07. The van der Waals surface area contributed by atoms with Crippen LogP contribution in [-0.4, -0.2) is 18.5 Å². The lowest BCUT2D eigenvalue weighted by molar-refractivity contribution is -0.142. The number of benzene rings is 2. The third-order valence-electron chi connectivity index (χ3n) is 2.90. The topological polar surface area (TPSA) is 55.4 Å². The van der Waals surface area contributed by atoms with E-state index in [-0.39, 0.29) is 0 Å². The van der Waals surface area contributed by atoms with E-state index in [1.807, 2.05) is 0 Å². The van der Waals surface area contributed by atoms with E-state index in [9.17, 15) is 9.59 Å². The molecule has 0 saturated carbocycles. The maximum absolute atomic E-state index is 11.8. The molecule has 0 fully saturated rings. The fraction of sp³-hybridized carbons (Fsp3) is 0.0588. The summed E-state index contributed by atoms with van der Waals surface area (Å²) in [5.41, 5.74) is 1.00. The molecule has 2 rings (SSSR count). The van der Waals surface area contributed by atoms with Crippen LogP contribution in [0.1, 0.15) is 5.56 Å². The van der Waals surface area contributed by atoms with Crippen LogP contribution < -0.4 is 5.32 Å². The number of halogens is 4. The molecule has 0 unspecified atom stereocenters. The van der Waals surface area contributed by atoms with Gasteiger partial charge in [-0.2, -0.15) is 0 Å². The highest BCUT2D eigenvalue weighted by atomic mass is 35.5. The summed E-state index contributed by atoms with van der Waals surface area (Å²) in [6, 6.07) is 9.52. The number of carbonyl (C=O) groups excluding carboxylic acids is 2. The van der Waals surface area contributed by atoms with Crippen LogP contribution >= 0.6 is 46.4 Å². The van der Waals surface area contributed by atoms with Gasteiger partial charge < -0.3 is 10.1 Å². The molecule has 1 amide bonds. The molecule has 130 valence electrons. The molecule has 0 spiro atoms. The Kier molecular flexibility index (Phi) is 7.14. The average Bonchev–Trinajstić information content (AvgIpc) is 2.57. The number of amides is 1. The fourth-order valence-corrected chi connectivity index (χ4v) is 2.39. The van der Waals surface area contributed by atoms with E-state index < -0.39 is 18.5 Å². The first-order chi connectivity index (χ1) is 11.8. The number of anilines is 1. The van der Waals surface area contributed by atoms with Gasteiger partial charge in [-0.3, -0.25) is 4.79 Å². The van der Waals surface area contributed by atoms with Gasteiger partial charge in [-0.25, -0.2) is 4.79 Å². The Morgan fingerprint density at radius 3 is 2.40 bits per heavy atom. The minimum atomic E-state index is -0.682. The zero-order valence-corrected chi connectivity index (χ0v) is 15.6. The predicted octanol–water partition coefficient (Wildman–Crippen LogP) is 5.50. The van der Waals surface area contributed by atoms with Crippen LogP contribution in [0.15, 0.2) is 42.5 Å². The molecule has 1 N–H and O–H groups in total. The maximum Gasteiger partial charge on any atom is 0.331 e. The number of carbonyl (C=O) groups is 2. The number of hydrogen-bond donors (Lipinski definition) is 1. The molecular weight excluding hydrogens is 408 g/mol. The molecule has 0 aliphatic heterocycles. The molecule has 0 saturated heterocycles. The summed E-state index contributed by atoms with van der Waals surface area (Å²) < 4.78 is 4.85. The van der Waals surface area contributed by atoms with Crippen molar-refractivity contribution in [3.63, 3.8) is 0 Å². The Bertz CT molecular complexity index is 837. The Hall–Kier alpha value is -1.72. The summed E-state index contributed by atoms with van der Waals surface area (Å²) in [6.45, 7) is -0.465.